The summed E-state index contributed by atoms with van der Waals surface area (Å²) in [7, 11) is 0. The predicted octanol–water partition coefficient (Wildman–Crippen LogP) is 4.04. The lowest BCUT2D eigenvalue weighted by molar-refractivity contribution is -0.384. The highest BCUT2D eigenvalue weighted by Gasteiger charge is 2.18. The number of nitrogens with zero attached hydrogens (tertiary/aromatic N) is 2. The number of aromatic nitrogens is 1. The Labute approximate surface area is 113 Å². The second-order valence-electron chi connectivity index (χ2n) is 3.38. The number of nitro groups is 1. The summed E-state index contributed by atoms with van der Waals surface area (Å²) < 4.78 is 0. The van der Waals surface area contributed by atoms with Gasteiger partial charge in [-0.15, -0.1) is 0 Å². The lowest BCUT2D eigenvalue weighted by Gasteiger charge is -2.07. The Hall–Kier alpha value is -1.85. The van der Waals surface area contributed by atoms with E-state index in [0.29, 0.717) is 5.69 Å². The second-order valence-corrected chi connectivity index (χ2v) is 4.14. The number of anilines is 2. The van der Waals surface area contributed by atoms with Gasteiger partial charge in [-0.25, -0.2) is 4.98 Å². The summed E-state index contributed by atoms with van der Waals surface area (Å²) in [5, 5.41) is 13.8. The van der Waals surface area contributed by atoms with Crippen LogP contribution in [0.3, 0.4) is 0 Å². The fourth-order valence-corrected chi connectivity index (χ4v) is 1.63. The van der Waals surface area contributed by atoms with Gasteiger partial charge in [-0.05, 0) is 12.1 Å². The van der Waals surface area contributed by atoms with Gasteiger partial charge in [0.2, 0.25) is 5.82 Å². The van der Waals surface area contributed by atoms with Crippen molar-refractivity contribution in [3.8, 4) is 0 Å². The molecular formula is C11H7Cl2N3O2. The summed E-state index contributed by atoms with van der Waals surface area (Å²) in [6.45, 7) is 0. The van der Waals surface area contributed by atoms with E-state index in [0.717, 1.165) is 0 Å². The molecule has 0 atom stereocenters. The Balaban J connectivity index is 2.43. The molecule has 0 aliphatic heterocycles. The summed E-state index contributed by atoms with van der Waals surface area (Å²) in [6.07, 6.45) is 0. The van der Waals surface area contributed by atoms with Crippen molar-refractivity contribution in [2.24, 2.45) is 0 Å². The van der Waals surface area contributed by atoms with Crippen LogP contribution in [0.2, 0.25) is 10.2 Å². The number of nitrogens with one attached hydrogen (secondary N) is 1. The van der Waals surface area contributed by atoms with Crippen LogP contribution in [0.25, 0.3) is 0 Å². The molecule has 0 saturated carbocycles. The average Bonchev–Trinajstić information content (AvgIpc) is 2.34. The van der Waals surface area contributed by atoms with Crippen molar-refractivity contribution < 1.29 is 4.92 Å². The molecule has 1 heterocycles. The third kappa shape index (κ3) is 2.69. The monoisotopic (exact) mass is 283 g/mol. The van der Waals surface area contributed by atoms with Crippen LogP contribution >= 0.6 is 23.2 Å². The van der Waals surface area contributed by atoms with Crippen LogP contribution in [0.4, 0.5) is 17.2 Å². The van der Waals surface area contributed by atoms with Gasteiger partial charge in [-0.1, -0.05) is 41.4 Å². The van der Waals surface area contributed by atoms with Crippen molar-refractivity contribution in [3.05, 3.63) is 56.7 Å². The molecule has 0 amide bonds. The van der Waals surface area contributed by atoms with Crippen molar-refractivity contribution in [1.82, 2.24) is 4.98 Å². The van der Waals surface area contributed by atoms with Gasteiger partial charge in [0.05, 0.1) is 9.95 Å². The molecule has 0 saturated heterocycles. The molecule has 5 nitrogen and oxygen atoms in total. The summed E-state index contributed by atoms with van der Waals surface area (Å²) in [6, 6.07) is 10.1. The number of pyridine rings is 1. The van der Waals surface area contributed by atoms with Crippen molar-refractivity contribution in [2.45, 2.75) is 0 Å². The largest absolute Gasteiger partial charge is 0.334 e. The zero-order chi connectivity index (χ0) is 13.1. The highest BCUT2D eigenvalue weighted by atomic mass is 35.5. The topological polar surface area (TPSA) is 68.1 Å². The van der Waals surface area contributed by atoms with E-state index >= 15 is 0 Å². The van der Waals surface area contributed by atoms with Gasteiger partial charge in [-0.2, -0.15) is 0 Å². The smallest absolute Gasteiger partial charge is 0.313 e. The van der Waals surface area contributed by atoms with Crippen molar-refractivity contribution in [3.63, 3.8) is 0 Å². The van der Waals surface area contributed by atoms with Gasteiger partial charge in [0.1, 0.15) is 0 Å². The predicted molar refractivity (Wildman–Crippen MR) is 70.6 cm³/mol. The first-order valence-electron chi connectivity index (χ1n) is 4.90. The summed E-state index contributed by atoms with van der Waals surface area (Å²) in [5.41, 5.74) is 0.444. The quantitative estimate of drug-likeness (QED) is 0.524. The van der Waals surface area contributed by atoms with Crippen LogP contribution in [0.5, 0.6) is 0 Å². The maximum atomic E-state index is 10.9. The van der Waals surface area contributed by atoms with E-state index in [2.05, 4.69) is 10.3 Å². The van der Waals surface area contributed by atoms with Crippen molar-refractivity contribution in [1.29, 1.82) is 0 Å². The minimum absolute atomic E-state index is 0.0145. The highest BCUT2D eigenvalue weighted by molar-refractivity contribution is 6.41. The van der Waals surface area contributed by atoms with Crippen LogP contribution in [-0.4, -0.2) is 9.91 Å². The molecule has 18 heavy (non-hydrogen) atoms. The van der Waals surface area contributed by atoms with E-state index in [1.807, 2.05) is 6.07 Å². The zero-order valence-corrected chi connectivity index (χ0v) is 10.4. The lowest BCUT2D eigenvalue weighted by atomic mass is 10.3. The van der Waals surface area contributed by atoms with Gasteiger partial charge >= 0.3 is 5.69 Å². The molecule has 2 aromatic rings. The Bertz CT molecular complexity index is 590. The van der Waals surface area contributed by atoms with E-state index < -0.39 is 4.92 Å². The Morgan fingerprint density at radius 1 is 1.22 bits per heavy atom. The number of halogens is 2. The van der Waals surface area contributed by atoms with Crippen molar-refractivity contribution >= 4 is 40.4 Å². The molecule has 1 N–H and O–H groups in total. The fraction of sp³-hybridized carbons (Fsp3) is 0. The molecule has 0 bridgehead atoms. The second kappa shape index (κ2) is 5.20. The molecule has 92 valence electrons. The van der Waals surface area contributed by atoms with Gasteiger partial charge in [-0.3, -0.25) is 10.1 Å². The normalized spacial score (nSPS) is 10.1. The number of hydrogen-bond donors (Lipinski definition) is 1. The van der Waals surface area contributed by atoms with Crippen LogP contribution in [0.1, 0.15) is 0 Å². The van der Waals surface area contributed by atoms with Gasteiger partial charge in [0, 0.05) is 11.8 Å². The molecule has 1 aromatic heterocycles. The summed E-state index contributed by atoms with van der Waals surface area (Å²) >= 11 is 11.5. The number of hydrogen-bond acceptors (Lipinski definition) is 4. The first kappa shape index (κ1) is 12.6. The number of rotatable bonds is 3. The SMILES string of the molecule is O=[N+]([O-])c1cc(Cl)c(Cl)nc1Nc1ccccc1. The fourth-order valence-electron chi connectivity index (χ4n) is 1.35. The summed E-state index contributed by atoms with van der Waals surface area (Å²) in [4.78, 5) is 14.2. The van der Waals surface area contributed by atoms with Gasteiger partial charge in [0.15, 0.2) is 5.15 Å². The van der Waals surface area contributed by atoms with Crippen LogP contribution in [0.15, 0.2) is 36.4 Å². The first-order valence-corrected chi connectivity index (χ1v) is 5.66. The van der Waals surface area contributed by atoms with E-state index in [-0.39, 0.29) is 21.7 Å². The van der Waals surface area contributed by atoms with E-state index in [1.165, 1.54) is 6.07 Å². The Morgan fingerprint density at radius 3 is 2.50 bits per heavy atom. The average molecular weight is 284 g/mol. The lowest BCUT2D eigenvalue weighted by Crippen LogP contribution is -2.00. The van der Waals surface area contributed by atoms with Crippen LogP contribution < -0.4 is 5.32 Å². The maximum absolute atomic E-state index is 10.9. The minimum atomic E-state index is -0.569. The zero-order valence-electron chi connectivity index (χ0n) is 8.93. The molecule has 0 aliphatic carbocycles. The third-order valence-corrected chi connectivity index (χ3v) is 2.82. The molecule has 7 heteroatoms. The van der Waals surface area contributed by atoms with Crippen LogP contribution in [0, 0.1) is 10.1 Å². The first-order chi connectivity index (χ1) is 8.58. The molecule has 2 rings (SSSR count). The van der Waals surface area contributed by atoms with E-state index in [1.54, 1.807) is 24.3 Å². The molecule has 0 radical (unpaired) electrons. The van der Waals surface area contributed by atoms with Crippen molar-refractivity contribution in [2.75, 3.05) is 5.32 Å². The highest BCUT2D eigenvalue weighted by Crippen LogP contribution is 2.32. The molecule has 0 aliphatic rings. The van der Waals surface area contributed by atoms with E-state index in [9.17, 15) is 10.1 Å². The molecule has 1 aromatic carbocycles. The van der Waals surface area contributed by atoms with Gasteiger partial charge in [0.25, 0.3) is 0 Å². The molecule has 0 spiro atoms. The standard InChI is InChI=1S/C11H7Cl2N3O2/c12-8-6-9(16(17)18)11(15-10(8)13)14-7-4-2-1-3-5-7/h1-6H,(H,14,15). The Morgan fingerprint density at radius 2 is 1.89 bits per heavy atom. The number of benzene rings is 1. The van der Waals surface area contributed by atoms with E-state index in [4.69, 9.17) is 23.2 Å². The third-order valence-electron chi connectivity index (χ3n) is 2.15. The van der Waals surface area contributed by atoms with Gasteiger partial charge < -0.3 is 5.32 Å². The molecule has 0 fully saturated rings. The maximum Gasteiger partial charge on any atom is 0.313 e. The van der Waals surface area contributed by atoms with Crippen LogP contribution in [-0.2, 0) is 0 Å². The molecular weight excluding hydrogens is 277 g/mol. The summed E-state index contributed by atoms with van der Waals surface area (Å²) in [5.74, 6) is 0.0561. The molecule has 0 unspecified atom stereocenters. The number of para-hydroxylation sites is 1. The Kier molecular flexibility index (Phi) is 3.64. The minimum Gasteiger partial charge on any atom is -0.334 e.